The maximum absolute atomic E-state index is 12.4. The van der Waals surface area contributed by atoms with Gasteiger partial charge in [0, 0.05) is 45.8 Å². The van der Waals surface area contributed by atoms with Crippen LogP contribution >= 0.6 is 0 Å². The van der Waals surface area contributed by atoms with E-state index in [1.54, 1.807) is 22.9 Å². The van der Waals surface area contributed by atoms with Gasteiger partial charge in [-0.25, -0.2) is 4.98 Å². The summed E-state index contributed by atoms with van der Waals surface area (Å²) in [6.45, 7) is 8.13. The van der Waals surface area contributed by atoms with E-state index in [1.807, 2.05) is 43.5 Å². The second-order valence-electron chi connectivity index (χ2n) is 8.54. The molecule has 7 nitrogen and oxygen atoms in total. The van der Waals surface area contributed by atoms with Crippen LogP contribution in [0.4, 0.5) is 0 Å². The highest BCUT2D eigenvalue weighted by Gasteiger charge is 2.16. The Morgan fingerprint density at radius 1 is 1.03 bits per heavy atom. The Morgan fingerprint density at radius 2 is 1.82 bits per heavy atom. The lowest BCUT2D eigenvalue weighted by molar-refractivity contribution is 0.433. The first-order valence-electron chi connectivity index (χ1n) is 11.8. The van der Waals surface area contributed by atoms with Crippen molar-refractivity contribution >= 4 is 0 Å². The highest BCUT2D eigenvalue weighted by Crippen LogP contribution is 2.29. The third-order valence-electron chi connectivity index (χ3n) is 6.32. The largest absolute Gasteiger partial charge is 0.354 e. The molecular formula is C27H37N5O2. The maximum Gasteiger partial charge on any atom is 0.250 e. The van der Waals surface area contributed by atoms with Crippen molar-refractivity contribution in [2.75, 3.05) is 0 Å². The molecule has 0 radical (unpaired) electrons. The average molecular weight is 464 g/mol. The van der Waals surface area contributed by atoms with E-state index in [-0.39, 0.29) is 21.9 Å². The van der Waals surface area contributed by atoms with Gasteiger partial charge >= 0.3 is 0 Å². The molecule has 1 unspecified atom stereocenters. The van der Waals surface area contributed by atoms with Gasteiger partial charge < -0.3 is 14.8 Å². The van der Waals surface area contributed by atoms with Gasteiger partial charge in [0.15, 0.2) is 5.76 Å². The van der Waals surface area contributed by atoms with E-state index in [0.717, 1.165) is 41.6 Å². The van der Waals surface area contributed by atoms with Crippen LogP contribution in [0.5, 0.6) is 0 Å². The van der Waals surface area contributed by atoms with Gasteiger partial charge in [-0.3, -0.25) is 9.78 Å². The summed E-state index contributed by atoms with van der Waals surface area (Å²) in [5.74, 6) is 0.542. The number of nitrogens with two attached hydrogens (primary N) is 1. The van der Waals surface area contributed by atoms with Crippen LogP contribution in [0.25, 0.3) is 34.0 Å². The van der Waals surface area contributed by atoms with Crippen LogP contribution in [0.15, 0.2) is 64.2 Å². The Bertz CT molecular complexity index is 1350. The number of benzene rings is 1. The molecule has 1 aromatic carbocycles. The summed E-state index contributed by atoms with van der Waals surface area (Å²) in [6, 6.07) is 13.4. The number of hydrogen-bond donors (Lipinski definition) is 1. The van der Waals surface area contributed by atoms with Crippen molar-refractivity contribution in [3.8, 4) is 34.0 Å². The molecule has 0 bridgehead atoms. The van der Waals surface area contributed by atoms with Gasteiger partial charge in [-0.05, 0) is 43.9 Å². The van der Waals surface area contributed by atoms with Gasteiger partial charge in [0.05, 0.1) is 17.6 Å². The molecule has 0 aliphatic rings. The van der Waals surface area contributed by atoms with Gasteiger partial charge in [-0.15, -0.1) is 0 Å². The normalized spacial score (nSPS) is 12.3. The maximum atomic E-state index is 12.4. The standard InChI is InChI=1S/C27H31N5O2.3H2/c1-5-21(6-2)32-16-20(11-12-26(32)33)24-15-29-17(4)27(30-24)25-14-23(31-34-25)19-10-8-9-18(13-19)22(28)7-3;;;/h8-16,21-22H,5-7,28H2,1-4H3;3*1H. The molecule has 0 aliphatic carbocycles. The summed E-state index contributed by atoms with van der Waals surface area (Å²) in [7, 11) is 0. The predicted octanol–water partition coefficient (Wildman–Crippen LogP) is 6.44. The molecule has 4 rings (SSSR count). The number of aromatic nitrogens is 4. The molecule has 0 spiro atoms. The van der Waals surface area contributed by atoms with Gasteiger partial charge in [0.25, 0.3) is 5.56 Å². The molecule has 7 heteroatoms. The average Bonchev–Trinajstić information content (AvgIpc) is 3.36. The van der Waals surface area contributed by atoms with E-state index in [0.29, 0.717) is 22.8 Å². The number of pyridine rings is 1. The number of aryl methyl sites for hydroxylation is 1. The second-order valence-corrected chi connectivity index (χ2v) is 8.54. The van der Waals surface area contributed by atoms with E-state index < -0.39 is 0 Å². The van der Waals surface area contributed by atoms with Gasteiger partial charge in [0.1, 0.15) is 11.4 Å². The Balaban J connectivity index is 0.00000228. The molecular weight excluding hydrogens is 426 g/mol. The fourth-order valence-corrected chi connectivity index (χ4v) is 4.13. The minimum Gasteiger partial charge on any atom is -0.354 e. The Labute approximate surface area is 204 Å². The molecule has 0 aliphatic heterocycles. The number of nitrogens with zero attached hydrogens (tertiary/aromatic N) is 4. The summed E-state index contributed by atoms with van der Waals surface area (Å²) < 4.78 is 7.47. The van der Waals surface area contributed by atoms with Crippen molar-refractivity contribution < 1.29 is 8.80 Å². The predicted molar refractivity (Wildman–Crippen MR) is 141 cm³/mol. The molecule has 182 valence electrons. The van der Waals surface area contributed by atoms with Crippen molar-refractivity contribution in [1.82, 2.24) is 19.7 Å². The van der Waals surface area contributed by atoms with E-state index >= 15 is 0 Å². The summed E-state index contributed by atoms with van der Waals surface area (Å²) in [5, 5.41) is 4.27. The summed E-state index contributed by atoms with van der Waals surface area (Å²) >= 11 is 0. The molecule has 0 fully saturated rings. The third-order valence-corrected chi connectivity index (χ3v) is 6.32. The molecule has 0 saturated carbocycles. The minimum absolute atomic E-state index is 0. The fourth-order valence-electron chi connectivity index (χ4n) is 4.13. The first-order valence-corrected chi connectivity index (χ1v) is 11.8. The lowest BCUT2D eigenvalue weighted by atomic mass is 10.0. The smallest absolute Gasteiger partial charge is 0.250 e. The van der Waals surface area contributed by atoms with Crippen LogP contribution in [-0.2, 0) is 0 Å². The molecule has 4 aromatic rings. The molecule has 34 heavy (non-hydrogen) atoms. The van der Waals surface area contributed by atoms with E-state index in [9.17, 15) is 4.79 Å². The number of hydrogen-bond acceptors (Lipinski definition) is 6. The molecule has 3 heterocycles. The summed E-state index contributed by atoms with van der Waals surface area (Å²) in [6.07, 6.45) is 6.23. The second kappa shape index (κ2) is 10.1. The van der Waals surface area contributed by atoms with Crippen molar-refractivity contribution in [3.63, 3.8) is 0 Å². The van der Waals surface area contributed by atoms with Crippen LogP contribution in [0.2, 0.25) is 0 Å². The first-order chi connectivity index (χ1) is 16.4. The van der Waals surface area contributed by atoms with Crippen LogP contribution in [0.1, 0.15) is 67.7 Å². The minimum atomic E-state index is -0.0144. The fraction of sp³-hybridized carbons (Fsp3) is 0.333. The van der Waals surface area contributed by atoms with Crippen molar-refractivity contribution in [3.05, 3.63) is 76.5 Å². The van der Waals surface area contributed by atoms with Crippen molar-refractivity contribution in [2.24, 2.45) is 5.73 Å². The summed E-state index contributed by atoms with van der Waals surface area (Å²) in [4.78, 5) is 21.8. The highest BCUT2D eigenvalue weighted by atomic mass is 16.5. The first kappa shape index (κ1) is 23.6. The van der Waals surface area contributed by atoms with Crippen LogP contribution in [-0.4, -0.2) is 19.7 Å². The van der Waals surface area contributed by atoms with Crippen molar-refractivity contribution in [1.29, 1.82) is 0 Å². The zero-order valence-corrected chi connectivity index (χ0v) is 20.2. The van der Waals surface area contributed by atoms with Gasteiger partial charge in [-0.2, -0.15) is 0 Å². The molecule has 3 aromatic heterocycles. The van der Waals surface area contributed by atoms with Crippen LogP contribution < -0.4 is 11.3 Å². The van der Waals surface area contributed by atoms with E-state index in [4.69, 9.17) is 15.2 Å². The zero-order chi connectivity index (χ0) is 24.2. The van der Waals surface area contributed by atoms with Gasteiger partial charge in [0.2, 0.25) is 0 Å². The quantitative estimate of drug-likeness (QED) is 0.322. The topological polar surface area (TPSA) is 99.8 Å². The molecule has 1 atom stereocenters. The van der Waals surface area contributed by atoms with Crippen LogP contribution in [0, 0.1) is 6.92 Å². The lowest BCUT2D eigenvalue weighted by Gasteiger charge is -2.17. The molecule has 2 N–H and O–H groups in total. The Hall–Kier alpha value is -3.58. The zero-order valence-electron chi connectivity index (χ0n) is 20.2. The summed E-state index contributed by atoms with van der Waals surface area (Å²) in [5.41, 5.74) is 11.8. The Morgan fingerprint density at radius 3 is 2.56 bits per heavy atom. The molecule has 0 amide bonds. The van der Waals surface area contributed by atoms with E-state index in [1.165, 1.54) is 0 Å². The SMILES string of the molecule is CCC(N)c1cccc(-c2cc(-c3nc(-c4ccc(=O)n(C(CC)CC)c4)cnc3C)on2)c1.[HH].[HH].[HH]. The van der Waals surface area contributed by atoms with Crippen LogP contribution in [0.3, 0.4) is 0 Å². The van der Waals surface area contributed by atoms with Gasteiger partial charge in [-0.1, -0.05) is 44.1 Å². The highest BCUT2D eigenvalue weighted by molar-refractivity contribution is 5.68. The van der Waals surface area contributed by atoms with Crippen molar-refractivity contribution in [2.45, 2.75) is 59.0 Å². The Kier molecular flexibility index (Phi) is 7.03. The number of rotatable bonds is 8. The van der Waals surface area contributed by atoms with E-state index in [2.05, 4.69) is 30.9 Å². The molecule has 0 saturated heterocycles. The lowest BCUT2D eigenvalue weighted by Crippen LogP contribution is -2.23. The monoisotopic (exact) mass is 463 g/mol. The third kappa shape index (κ3) is 4.70.